The Kier molecular flexibility index (Phi) is 44.8. The number of nitrogens with zero attached hydrogens (tertiary/aromatic N) is 3. The number of amides is 1. The van der Waals surface area contributed by atoms with Crippen LogP contribution >= 0.6 is 0 Å². The Hall–Kier alpha value is -2.30. The van der Waals surface area contributed by atoms with Crippen molar-refractivity contribution in [3.63, 3.8) is 0 Å². The van der Waals surface area contributed by atoms with Gasteiger partial charge in [0.1, 0.15) is 6.61 Å². The minimum atomic E-state index is -4.95. The van der Waals surface area contributed by atoms with Gasteiger partial charge in [0.15, 0.2) is 5.25 Å². The lowest BCUT2D eigenvalue weighted by Gasteiger charge is -2.21. The second-order valence-corrected chi connectivity index (χ2v) is 14.8. The van der Waals surface area contributed by atoms with Gasteiger partial charge in [-0.25, -0.2) is 0 Å². The number of rotatable bonds is 36. The number of hydrogen-bond acceptors (Lipinski definition) is 15. The van der Waals surface area contributed by atoms with E-state index in [4.69, 9.17) is 45.0 Å². The third-order valence-corrected chi connectivity index (χ3v) is 9.57. The van der Waals surface area contributed by atoms with E-state index in [2.05, 4.69) is 19.1 Å². The molecule has 0 spiro atoms. The predicted molar refractivity (Wildman–Crippen MR) is 217 cm³/mol. The molecule has 18 nitrogen and oxygen atoms in total. The van der Waals surface area contributed by atoms with Crippen LogP contribution < -0.4 is 0 Å². The number of aliphatic hydroxyl groups excluding tert-OH is 7. The second-order valence-electron chi connectivity index (χ2n) is 13.2. The molecular weight excluding hydrogens is 770 g/mol. The lowest BCUT2D eigenvalue weighted by molar-refractivity contribution is -0.148. The number of aliphatic carboxylic acids is 1. The van der Waals surface area contributed by atoms with Crippen molar-refractivity contribution in [1.29, 1.82) is 0 Å². The van der Waals surface area contributed by atoms with Crippen LogP contribution in [0.25, 0.3) is 0 Å². The summed E-state index contributed by atoms with van der Waals surface area (Å²) in [7, 11) is -4.95. The fraction of sp³-hybridized carbons (Fsp3) is 0.868. The summed E-state index contributed by atoms with van der Waals surface area (Å²) in [6.07, 6.45) is 18.8. The van der Waals surface area contributed by atoms with Crippen molar-refractivity contribution in [3.8, 4) is 0 Å². The fourth-order valence-corrected chi connectivity index (χ4v) is 5.91. The van der Waals surface area contributed by atoms with Crippen LogP contribution in [-0.4, -0.2) is 197 Å². The van der Waals surface area contributed by atoms with E-state index in [1.165, 1.54) is 43.4 Å². The minimum absolute atomic E-state index is 0.0141. The van der Waals surface area contributed by atoms with E-state index in [0.29, 0.717) is 52.1 Å². The molecule has 0 aromatic heterocycles. The molecule has 0 bridgehead atoms. The molecule has 19 heteroatoms. The van der Waals surface area contributed by atoms with Gasteiger partial charge >= 0.3 is 11.9 Å². The van der Waals surface area contributed by atoms with Crippen LogP contribution in [0.15, 0.2) is 12.2 Å². The number of ether oxygens (including phenoxy) is 1. The average Bonchev–Trinajstić information content (AvgIpc) is 3.15. The van der Waals surface area contributed by atoms with Gasteiger partial charge in [0.05, 0.1) is 59.2 Å². The molecule has 1 atom stereocenters. The molecule has 0 heterocycles. The van der Waals surface area contributed by atoms with Gasteiger partial charge < -0.3 is 50.5 Å². The van der Waals surface area contributed by atoms with Crippen molar-refractivity contribution in [2.24, 2.45) is 0 Å². The first-order valence-corrected chi connectivity index (χ1v) is 21.8. The number of aliphatic hydroxyl groups is 7. The normalized spacial score (nSPS) is 11.9. The summed E-state index contributed by atoms with van der Waals surface area (Å²) >= 11 is 0. The van der Waals surface area contributed by atoms with Gasteiger partial charge in [0.25, 0.3) is 10.1 Å². The van der Waals surface area contributed by atoms with Gasteiger partial charge in [-0.1, -0.05) is 70.4 Å². The highest BCUT2D eigenvalue weighted by Gasteiger charge is 2.34. The standard InChI is InChI=1S/C26H47NO9S.2C6H15NO3/c1-2-3-4-5-6-7-8-9-10-11-12-13-14-15-16-17-24(29)27(18-20-28)19-21-36-25(30)22-23(26(31)32)37(33,34)35;2*8-4-1-7(2-5-9)3-6-10/h9-10,23,28H,2-8,11-22H2,1H3,(H,31,32)(H,33,34,35);2*8-10H,1-6H2. The zero-order valence-corrected chi connectivity index (χ0v) is 35.2. The summed E-state index contributed by atoms with van der Waals surface area (Å²) in [4.78, 5) is 40.0. The van der Waals surface area contributed by atoms with E-state index < -0.39 is 33.7 Å². The van der Waals surface area contributed by atoms with Crippen LogP contribution in [-0.2, 0) is 29.2 Å². The van der Waals surface area contributed by atoms with Gasteiger partial charge in [-0.3, -0.25) is 28.7 Å². The van der Waals surface area contributed by atoms with E-state index in [1.54, 1.807) is 9.80 Å². The highest BCUT2D eigenvalue weighted by atomic mass is 32.2. The van der Waals surface area contributed by atoms with Crippen molar-refractivity contribution in [2.45, 2.75) is 108 Å². The molecule has 0 aromatic carbocycles. The van der Waals surface area contributed by atoms with Crippen molar-refractivity contribution in [3.05, 3.63) is 12.2 Å². The summed E-state index contributed by atoms with van der Waals surface area (Å²) in [6, 6.07) is 0. The van der Waals surface area contributed by atoms with Crippen molar-refractivity contribution in [2.75, 3.05) is 105 Å². The lowest BCUT2D eigenvalue weighted by Crippen LogP contribution is -2.37. The highest BCUT2D eigenvalue weighted by molar-refractivity contribution is 7.87. The number of hydrogen-bond donors (Lipinski definition) is 9. The van der Waals surface area contributed by atoms with E-state index in [9.17, 15) is 27.9 Å². The maximum Gasteiger partial charge on any atom is 0.325 e. The first kappa shape index (κ1) is 59.0. The van der Waals surface area contributed by atoms with Crippen molar-refractivity contribution >= 4 is 28.0 Å². The molecule has 0 aliphatic carbocycles. The number of carboxylic acid groups (broad SMARTS) is 1. The summed E-state index contributed by atoms with van der Waals surface area (Å²) in [5.41, 5.74) is 0. The van der Waals surface area contributed by atoms with Crippen LogP contribution in [0.1, 0.15) is 103 Å². The molecule has 0 rings (SSSR count). The zero-order valence-electron chi connectivity index (χ0n) is 34.4. The predicted octanol–water partition coefficient (Wildman–Crippen LogP) is 0.650. The number of carboxylic acids is 1. The Labute approximate surface area is 340 Å². The molecule has 0 aliphatic rings. The molecule has 1 unspecified atom stereocenters. The Bertz CT molecular complexity index is 1020. The second kappa shape index (κ2) is 43.3. The zero-order chi connectivity index (χ0) is 43.6. The number of carbonyl (C=O) groups excluding carboxylic acids is 2. The van der Waals surface area contributed by atoms with E-state index in [-0.39, 0.29) is 71.9 Å². The molecule has 0 aliphatic heterocycles. The third-order valence-electron chi connectivity index (χ3n) is 8.48. The highest BCUT2D eigenvalue weighted by Crippen LogP contribution is 2.11. The molecule has 0 fully saturated rings. The fourth-order valence-electron chi connectivity index (χ4n) is 5.31. The topological polar surface area (TPSA) is 286 Å². The number of allylic oxidation sites excluding steroid dienone is 2. The lowest BCUT2D eigenvalue weighted by atomic mass is 10.1. The van der Waals surface area contributed by atoms with Crippen molar-refractivity contribution < 1.29 is 72.9 Å². The quantitative estimate of drug-likeness (QED) is 0.0181. The van der Waals surface area contributed by atoms with E-state index in [1.807, 2.05) is 0 Å². The molecule has 0 saturated carbocycles. The van der Waals surface area contributed by atoms with Gasteiger partial charge in [-0.05, 0) is 32.1 Å². The molecular formula is C38H77N3O15S. The van der Waals surface area contributed by atoms with Gasteiger partial charge in [-0.2, -0.15) is 8.42 Å². The van der Waals surface area contributed by atoms with Crippen LogP contribution in [0, 0.1) is 0 Å². The Morgan fingerprint density at radius 3 is 1.33 bits per heavy atom. The summed E-state index contributed by atoms with van der Waals surface area (Å²) in [6.45, 7) is 5.23. The average molecular weight is 848 g/mol. The molecule has 57 heavy (non-hydrogen) atoms. The molecule has 0 aromatic rings. The largest absolute Gasteiger partial charge is 0.480 e. The summed E-state index contributed by atoms with van der Waals surface area (Å²) in [5, 5.41) is 66.6. The van der Waals surface area contributed by atoms with E-state index in [0.717, 1.165) is 38.5 Å². The Morgan fingerprint density at radius 1 is 0.579 bits per heavy atom. The number of unbranched alkanes of at least 4 members (excludes halogenated alkanes) is 11. The van der Waals surface area contributed by atoms with Gasteiger partial charge in [0.2, 0.25) is 5.91 Å². The Morgan fingerprint density at radius 2 is 0.965 bits per heavy atom. The molecule has 340 valence electrons. The minimum Gasteiger partial charge on any atom is -0.480 e. The first-order chi connectivity index (χ1) is 27.3. The SMILES string of the molecule is CCCCCCCCC=CCCCCCCCC(=O)N(CCO)CCOC(=O)CC(C(=O)O)S(=O)(=O)O.OCCN(CCO)CCO.OCCN(CCO)CCO. The molecule has 1 amide bonds. The Balaban J connectivity index is -0.00000118. The molecule has 9 N–H and O–H groups in total. The van der Waals surface area contributed by atoms with Crippen molar-refractivity contribution in [1.82, 2.24) is 14.7 Å². The van der Waals surface area contributed by atoms with Gasteiger partial charge in [0, 0.05) is 52.2 Å². The van der Waals surface area contributed by atoms with E-state index >= 15 is 0 Å². The first-order valence-electron chi connectivity index (χ1n) is 20.3. The van der Waals surface area contributed by atoms with Gasteiger partial charge in [-0.15, -0.1) is 0 Å². The number of carbonyl (C=O) groups is 3. The molecule has 0 saturated heterocycles. The maximum atomic E-state index is 12.4. The summed E-state index contributed by atoms with van der Waals surface area (Å²) in [5.74, 6) is -3.18. The number of esters is 1. The third kappa shape index (κ3) is 40.3. The van der Waals surface area contributed by atoms with Crippen LogP contribution in [0.5, 0.6) is 0 Å². The smallest absolute Gasteiger partial charge is 0.325 e. The summed E-state index contributed by atoms with van der Waals surface area (Å²) < 4.78 is 35.8. The monoisotopic (exact) mass is 848 g/mol. The van der Waals surface area contributed by atoms with Crippen LogP contribution in [0.3, 0.4) is 0 Å². The maximum absolute atomic E-state index is 12.4. The van der Waals surface area contributed by atoms with Crippen LogP contribution in [0.4, 0.5) is 0 Å². The molecule has 0 radical (unpaired) electrons. The van der Waals surface area contributed by atoms with Crippen LogP contribution in [0.2, 0.25) is 0 Å².